The molecule has 0 bridgehead atoms. The number of hydrogen-bond donors (Lipinski definition) is 1. The van der Waals surface area contributed by atoms with Crippen molar-refractivity contribution in [3.8, 4) is 0 Å². The van der Waals surface area contributed by atoms with Crippen LogP contribution in [-0.4, -0.2) is 24.1 Å². The van der Waals surface area contributed by atoms with E-state index >= 15 is 0 Å². The summed E-state index contributed by atoms with van der Waals surface area (Å²) in [5.41, 5.74) is 2.64. The van der Waals surface area contributed by atoms with E-state index in [1.165, 1.54) is 43.5 Å². The molecule has 0 fully saturated rings. The molecule has 0 atom stereocenters. The predicted octanol–water partition coefficient (Wildman–Crippen LogP) is 4.29. The molecule has 0 amide bonds. The summed E-state index contributed by atoms with van der Waals surface area (Å²) in [5.74, 6) is 0. The summed E-state index contributed by atoms with van der Waals surface area (Å²) >= 11 is 0. The SMILES string of the molecule is CCCCCCc1cc(N(C)C)c[nH]1.c1ccncc1. The lowest BCUT2D eigenvalue weighted by atomic mass is 10.1. The molecular formula is C17H27N3. The van der Waals surface area contributed by atoms with Crippen molar-refractivity contribution < 1.29 is 0 Å². The zero-order valence-electron chi connectivity index (χ0n) is 13.0. The fourth-order valence-electron chi connectivity index (χ4n) is 1.89. The standard InChI is InChI=1S/C12H22N2.C5H5N/c1-4-5-6-7-8-11-9-12(10-13-11)14(2)3;1-2-4-6-5-3-1/h9-10,13H,4-8H2,1-3H3;1-5H. The molecule has 20 heavy (non-hydrogen) atoms. The van der Waals surface area contributed by atoms with Crippen LogP contribution in [0.5, 0.6) is 0 Å². The van der Waals surface area contributed by atoms with Crippen molar-refractivity contribution in [3.05, 3.63) is 48.5 Å². The van der Waals surface area contributed by atoms with Crippen LogP contribution in [0.3, 0.4) is 0 Å². The summed E-state index contributed by atoms with van der Waals surface area (Å²) in [7, 11) is 4.15. The van der Waals surface area contributed by atoms with E-state index in [-0.39, 0.29) is 0 Å². The van der Waals surface area contributed by atoms with Gasteiger partial charge in [-0.3, -0.25) is 4.98 Å². The normalized spacial score (nSPS) is 9.75. The smallest absolute Gasteiger partial charge is 0.0541 e. The number of H-pyrrole nitrogens is 1. The molecule has 2 aromatic rings. The number of nitrogens with one attached hydrogen (secondary N) is 1. The van der Waals surface area contributed by atoms with Gasteiger partial charge in [-0.05, 0) is 31.0 Å². The number of rotatable bonds is 6. The molecule has 0 saturated heterocycles. The zero-order chi connectivity index (χ0) is 14.6. The van der Waals surface area contributed by atoms with E-state index in [4.69, 9.17) is 0 Å². The summed E-state index contributed by atoms with van der Waals surface area (Å²) in [5, 5.41) is 0. The maximum absolute atomic E-state index is 3.78. The van der Waals surface area contributed by atoms with Crippen molar-refractivity contribution in [2.75, 3.05) is 19.0 Å². The number of aromatic nitrogens is 2. The number of hydrogen-bond acceptors (Lipinski definition) is 2. The van der Waals surface area contributed by atoms with Gasteiger partial charge in [-0.15, -0.1) is 0 Å². The lowest BCUT2D eigenvalue weighted by Gasteiger charge is -2.07. The molecule has 0 aliphatic carbocycles. The Balaban J connectivity index is 0.000000276. The van der Waals surface area contributed by atoms with Crippen LogP contribution in [0.25, 0.3) is 0 Å². The van der Waals surface area contributed by atoms with Crippen LogP contribution in [0, 0.1) is 0 Å². The summed E-state index contributed by atoms with van der Waals surface area (Å²) in [4.78, 5) is 9.24. The Morgan fingerprint density at radius 2 is 1.80 bits per heavy atom. The molecule has 2 heterocycles. The Bertz CT molecular complexity index is 408. The van der Waals surface area contributed by atoms with Gasteiger partial charge in [0.15, 0.2) is 0 Å². The second-order valence-corrected chi connectivity index (χ2v) is 5.11. The lowest BCUT2D eigenvalue weighted by Crippen LogP contribution is -2.06. The number of aryl methyl sites for hydroxylation is 1. The van der Waals surface area contributed by atoms with Crippen molar-refractivity contribution in [2.45, 2.75) is 39.0 Å². The zero-order valence-corrected chi connectivity index (χ0v) is 13.0. The number of unbranched alkanes of at least 4 members (excludes halogenated alkanes) is 3. The van der Waals surface area contributed by atoms with E-state index in [0.717, 1.165) is 0 Å². The number of nitrogens with zero attached hydrogens (tertiary/aromatic N) is 2. The molecule has 110 valence electrons. The molecular weight excluding hydrogens is 246 g/mol. The minimum Gasteiger partial charge on any atom is -0.376 e. The molecule has 3 nitrogen and oxygen atoms in total. The van der Waals surface area contributed by atoms with Crippen LogP contribution >= 0.6 is 0 Å². The van der Waals surface area contributed by atoms with E-state index in [0.29, 0.717) is 0 Å². The molecule has 0 aromatic carbocycles. The highest BCUT2D eigenvalue weighted by molar-refractivity contribution is 5.44. The molecule has 0 aliphatic rings. The first kappa shape index (κ1) is 16.3. The first-order valence-corrected chi connectivity index (χ1v) is 7.43. The number of aromatic amines is 1. The number of anilines is 1. The first-order valence-electron chi connectivity index (χ1n) is 7.43. The third kappa shape index (κ3) is 6.98. The lowest BCUT2D eigenvalue weighted by molar-refractivity contribution is 0.662. The van der Waals surface area contributed by atoms with Gasteiger partial charge in [0.05, 0.1) is 5.69 Å². The maximum Gasteiger partial charge on any atom is 0.0541 e. The third-order valence-corrected chi connectivity index (χ3v) is 3.11. The average molecular weight is 273 g/mol. The highest BCUT2D eigenvalue weighted by Gasteiger charge is 1.99. The maximum atomic E-state index is 3.78. The number of pyridine rings is 1. The van der Waals surface area contributed by atoms with Crippen molar-refractivity contribution in [3.63, 3.8) is 0 Å². The monoisotopic (exact) mass is 273 g/mol. The van der Waals surface area contributed by atoms with Gasteiger partial charge in [0.1, 0.15) is 0 Å². The molecule has 1 N–H and O–H groups in total. The van der Waals surface area contributed by atoms with Gasteiger partial charge in [0.25, 0.3) is 0 Å². The summed E-state index contributed by atoms with van der Waals surface area (Å²) in [6.07, 6.45) is 12.1. The molecule has 0 saturated carbocycles. The van der Waals surface area contributed by atoms with Crippen LogP contribution in [0.1, 0.15) is 38.3 Å². The van der Waals surface area contributed by atoms with Crippen LogP contribution in [0.2, 0.25) is 0 Å². The Hall–Kier alpha value is -1.77. The Morgan fingerprint density at radius 1 is 1.05 bits per heavy atom. The van der Waals surface area contributed by atoms with Crippen LogP contribution in [-0.2, 0) is 6.42 Å². The highest BCUT2D eigenvalue weighted by Crippen LogP contribution is 2.14. The van der Waals surface area contributed by atoms with Gasteiger partial charge >= 0.3 is 0 Å². The van der Waals surface area contributed by atoms with E-state index in [9.17, 15) is 0 Å². The van der Waals surface area contributed by atoms with Gasteiger partial charge in [0, 0.05) is 38.4 Å². The van der Waals surface area contributed by atoms with Crippen molar-refractivity contribution in [2.24, 2.45) is 0 Å². The van der Waals surface area contributed by atoms with Gasteiger partial charge < -0.3 is 9.88 Å². The van der Waals surface area contributed by atoms with E-state index in [1.807, 2.05) is 18.2 Å². The first-order chi connectivity index (χ1) is 9.74. The highest BCUT2D eigenvalue weighted by atomic mass is 15.1. The second-order valence-electron chi connectivity index (χ2n) is 5.11. The van der Waals surface area contributed by atoms with Crippen molar-refractivity contribution in [1.82, 2.24) is 9.97 Å². The Labute approximate surface area is 123 Å². The van der Waals surface area contributed by atoms with Crippen LogP contribution in [0.15, 0.2) is 42.9 Å². The van der Waals surface area contributed by atoms with Gasteiger partial charge in [-0.2, -0.15) is 0 Å². The molecule has 2 aromatic heterocycles. The van der Waals surface area contributed by atoms with Crippen LogP contribution < -0.4 is 4.90 Å². The van der Waals surface area contributed by atoms with E-state index in [1.54, 1.807) is 12.4 Å². The van der Waals surface area contributed by atoms with Gasteiger partial charge in [-0.25, -0.2) is 0 Å². The molecule has 2 rings (SSSR count). The predicted molar refractivity (Wildman–Crippen MR) is 87.2 cm³/mol. The van der Waals surface area contributed by atoms with Crippen molar-refractivity contribution in [1.29, 1.82) is 0 Å². The topological polar surface area (TPSA) is 31.9 Å². The fourth-order valence-corrected chi connectivity index (χ4v) is 1.89. The second kappa shape index (κ2) is 10.1. The Morgan fingerprint density at radius 3 is 2.25 bits per heavy atom. The average Bonchev–Trinajstić information content (AvgIpc) is 2.95. The molecule has 0 radical (unpaired) electrons. The van der Waals surface area contributed by atoms with E-state index < -0.39 is 0 Å². The molecule has 0 spiro atoms. The minimum atomic E-state index is 1.19. The molecule has 3 heteroatoms. The summed E-state index contributed by atoms with van der Waals surface area (Å²) in [6, 6.07) is 7.96. The van der Waals surface area contributed by atoms with Crippen LogP contribution in [0.4, 0.5) is 5.69 Å². The fraction of sp³-hybridized carbons (Fsp3) is 0.471. The Kier molecular flexibility index (Phi) is 8.20. The van der Waals surface area contributed by atoms with Gasteiger partial charge in [-0.1, -0.05) is 32.3 Å². The largest absolute Gasteiger partial charge is 0.376 e. The third-order valence-electron chi connectivity index (χ3n) is 3.11. The van der Waals surface area contributed by atoms with Gasteiger partial charge in [0.2, 0.25) is 0 Å². The van der Waals surface area contributed by atoms with Crippen molar-refractivity contribution >= 4 is 5.69 Å². The molecule has 0 unspecified atom stereocenters. The summed E-state index contributed by atoms with van der Waals surface area (Å²) in [6.45, 7) is 2.25. The molecule has 0 aliphatic heterocycles. The van der Waals surface area contributed by atoms with E-state index in [2.05, 4.69) is 48.2 Å². The minimum absolute atomic E-state index is 1.19. The summed E-state index contributed by atoms with van der Waals surface area (Å²) < 4.78 is 0. The quantitative estimate of drug-likeness (QED) is 0.796.